The molecule has 1 aliphatic carbocycles. The van der Waals surface area contributed by atoms with E-state index in [0.29, 0.717) is 5.92 Å². The van der Waals surface area contributed by atoms with Crippen LogP contribution in [0.5, 0.6) is 0 Å². The van der Waals surface area contributed by atoms with Gasteiger partial charge in [-0.05, 0) is 43.4 Å². The number of benzene rings is 2. The molecule has 0 bridgehead atoms. The Morgan fingerprint density at radius 3 is 2.45 bits per heavy atom. The van der Waals surface area contributed by atoms with E-state index in [1.165, 1.54) is 11.1 Å². The van der Waals surface area contributed by atoms with E-state index >= 15 is 0 Å². The number of nitrogens with zero attached hydrogens (tertiary/aromatic N) is 2. The lowest BCUT2D eigenvalue weighted by Gasteiger charge is -2.09. The second-order valence-electron chi connectivity index (χ2n) is 7.96. The van der Waals surface area contributed by atoms with Gasteiger partial charge in [-0.25, -0.2) is 4.98 Å². The Morgan fingerprint density at radius 1 is 0.966 bits per heavy atom. The average molecular weight is 381 g/mol. The maximum Gasteiger partial charge on any atom is 0.229 e. The predicted octanol–water partition coefficient (Wildman–Crippen LogP) is 5.36. The molecule has 4 aromatic rings. The molecule has 2 heterocycles. The standard InChI is InChI=1S/C25H23N3O/c1-16-8-11-19(12-9-16)23-24(28-15-17(2)10-13-22(28)26-23)27-25(29)21-14-20(21)18-6-4-3-5-7-18/h3-13,15,20-21H,14H2,1-2H3,(H,27,29)/t20-,21+/m0/s1. The van der Waals surface area contributed by atoms with Gasteiger partial charge in [-0.1, -0.05) is 66.2 Å². The normalized spacial score (nSPS) is 18.0. The number of hydrogen-bond donors (Lipinski definition) is 1. The fourth-order valence-corrected chi connectivity index (χ4v) is 3.95. The molecule has 0 aliphatic heterocycles. The Morgan fingerprint density at radius 2 is 1.69 bits per heavy atom. The highest BCUT2D eigenvalue weighted by Crippen LogP contribution is 2.48. The molecule has 0 radical (unpaired) electrons. The molecule has 5 rings (SSSR count). The largest absolute Gasteiger partial charge is 0.310 e. The first kappa shape index (κ1) is 17.7. The molecule has 0 unspecified atom stereocenters. The molecule has 4 heteroatoms. The van der Waals surface area contributed by atoms with Gasteiger partial charge >= 0.3 is 0 Å². The van der Waals surface area contributed by atoms with Gasteiger partial charge in [0.2, 0.25) is 5.91 Å². The summed E-state index contributed by atoms with van der Waals surface area (Å²) in [6.07, 6.45) is 2.92. The first-order valence-electron chi connectivity index (χ1n) is 10.0. The number of fused-ring (bicyclic) bond motifs is 1. The van der Waals surface area contributed by atoms with Gasteiger partial charge in [0.05, 0.1) is 0 Å². The summed E-state index contributed by atoms with van der Waals surface area (Å²) in [7, 11) is 0. The summed E-state index contributed by atoms with van der Waals surface area (Å²) in [6.45, 7) is 4.11. The summed E-state index contributed by atoms with van der Waals surface area (Å²) in [6, 6.07) is 22.6. The van der Waals surface area contributed by atoms with Crippen molar-refractivity contribution in [1.82, 2.24) is 9.38 Å². The van der Waals surface area contributed by atoms with Gasteiger partial charge in [0.1, 0.15) is 17.2 Å². The van der Waals surface area contributed by atoms with Crippen LogP contribution in [0.2, 0.25) is 0 Å². The van der Waals surface area contributed by atoms with Crippen LogP contribution in [-0.2, 0) is 4.79 Å². The zero-order valence-electron chi connectivity index (χ0n) is 16.6. The monoisotopic (exact) mass is 381 g/mol. The van der Waals surface area contributed by atoms with E-state index in [2.05, 4.69) is 48.6 Å². The van der Waals surface area contributed by atoms with Crippen LogP contribution in [0.25, 0.3) is 16.9 Å². The van der Waals surface area contributed by atoms with Crippen molar-refractivity contribution in [3.8, 4) is 11.3 Å². The topological polar surface area (TPSA) is 46.4 Å². The summed E-state index contributed by atoms with van der Waals surface area (Å²) >= 11 is 0. The lowest BCUT2D eigenvalue weighted by molar-refractivity contribution is -0.117. The van der Waals surface area contributed by atoms with Gasteiger partial charge in [-0.2, -0.15) is 0 Å². The number of amides is 1. The molecule has 4 nitrogen and oxygen atoms in total. The zero-order chi connectivity index (χ0) is 20.0. The number of hydrogen-bond acceptors (Lipinski definition) is 2. The minimum atomic E-state index is 0.0126. The molecule has 2 aromatic heterocycles. The van der Waals surface area contributed by atoms with Crippen LogP contribution in [0.4, 0.5) is 5.82 Å². The van der Waals surface area contributed by atoms with E-state index in [9.17, 15) is 4.79 Å². The lowest BCUT2D eigenvalue weighted by atomic mass is 10.1. The SMILES string of the molecule is Cc1ccc(-c2nc3ccc(C)cn3c2NC(=O)[C@@H]2C[C@H]2c2ccccc2)cc1. The highest BCUT2D eigenvalue weighted by Gasteiger charge is 2.44. The molecule has 2 atom stereocenters. The van der Waals surface area contributed by atoms with Crippen LogP contribution in [0.1, 0.15) is 29.0 Å². The second kappa shape index (κ2) is 6.89. The lowest BCUT2D eigenvalue weighted by Crippen LogP contribution is -2.16. The zero-order valence-corrected chi connectivity index (χ0v) is 16.6. The number of aromatic nitrogens is 2. The third kappa shape index (κ3) is 3.31. The smallest absolute Gasteiger partial charge is 0.229 e. The van der Waals surface area contributed by atoms with E-state index in [1.54, 1.807) is 0 Å². The van der Waals surface area contributed by atoms with Crippen LogP contribution >= 0.6 is 0 Å². The number of nitrogens with one attached hydrogen (secondary N) is 1. The van der Waals surface area contributed by atoms with Crippen LogP contribution in [-0.4, -0.2) is 15.3 Å². The van der Waals surface area contributed by atoms with Crippen molar-refractivity contribution in [3.63, 3.8) is 0 Å². The summed E-state index contributed by atoms with van der Waals surface area (Å²) < 4.78 is 1.99. The van der Waals surface area contributed by atoms with E-state index < -0.39 is 0 Å². The molecular weight excluding hydrogens is 358 g/mol. The number of carbonyl (C=O) groups is 1. The van der Waals surface area contributed by atoms with Crippen LogP contribution < -0.4 is 5.32 Å². The first-order chi connectivity index (χ1) is 14.1. The van der Waals surface area contributed by atoms with Crippen molar-refractivity contribution in [3.05, 3.63) is 89.6 Å². The van der Waals surface area contributed by atoms with Crippen molar-refractivity contribution in [1.29, 1.82) is 0 Å². The predicted molar refractivity (Wildman–Crippen MR) is 116 cm³/mol. The minimum Gasteiger partial charge on any atom is -0.310 e. The number of anilines is 1. The molecular formula is C25H23N3O. The molecule has 0 spiro atoms. The summed E-state index contributed by atoms with van der Waals surface area (Å²) in [5.74, 6) is 1.13. The Kier molecular flexibility index (Phi) is 4.20. The highest BCUT2D eigenvalue weighted by atomic mass is 16.2. The molecule has 1 saturated carbocycles. The number of imidazole rings is 1. The maximum absolute atomic E-state index is 13.1. The van der Waals surface area contributed by atoms with E-state index in [-0.39, 0.29) is 11.8 Å². The number of pyridine rings is 1. The van der Waals surface area contributed by atoms with Crippen molar-refractivity contribution >= 4 is 17.4 Å². The van der Waals surface area contributed by atoms with E-state index in [0.717, 1.165) is 34.7 Å². The summed E-state index contributed by atoms with van der Waals surface area (Å²) in [5.41, 5.74) is 6.19. The summed E-state index contributed by atoms with van der Waals surface area (Å²) in [4.78, 5) is 17.9. The van der Waals surface area contributed by atoms with Gasteiger partial charge in [-0.3, -0.25) is 9.20 Å². The van der Waals surface area contributed by atoms with Crippen molar-refractivity contribution in [2.45, 2.75) is 26.2 Å². The number of rotatable bonds is 4. The van der Waals surface area contributed by atoms with Crippen LogP contribution in [0, 0.1) is 19.8 Å². The molecule has 0 saturated heterocycles. The minimum absolute atomic E-state index is 0.0126. The number of carbonyl (C=O) groups excluding carboxylic acids is 1. The third-order valence-corrected chi connectivity index (χ3v) is 5.69. The van der Waals surface area contributed by atoms with E-state index in [4.69, 9.17) is 4.98 Å². The maximum atomic E-state index is 13.1. The van der Waals surface area contributed by atoms with Crippen molar-refractivity contribution in [2.24, 2.45) is 5.92 Å². The Balaban J connectivity index is 1.50. The van der Waals surface area contributed by atoms with Gasteiger partial charge in [0.15, 0.2) is 0 Å². The molecule has 1 N–H and O–H groups in total. The molecule has 2 aromatic carbocycles. The summed E-state index contributed by atoms with van der Waals surface area (Å²) in [5, 5.41) is 3.20. The fourth-order valence-electron chi connectivity index (χ4n) is 3.95. The second-order valence-corrected chi connectivity index (χ2v) is 7.96. The third-order valence-electron chi connectivity index (χ3n) is 5.69. The fraction of sp³-hybridized carbons (Fsp3) is 0.200. The molecule has 1 amide bonds. The molecule has 29 heavy (non-hydrogen) atoms. The van der Waals surface area contributed by atoms with Crippen molar-refractivity contribution in [2.75, 3.05) is 5.32 Å². The molecule has 144 valence electrons. The van der Waals surface area contributed by atoms with Gasteiger partial charge in [0.25, 0.3) is 0 Å². The Labute approximate surface area is 170 Å². The molecule has 1 fully saturated rings. The van der Waals surface area contributed by atoms with Crippen LogP contribution in [0.3, 0.4) is 0 Å². The van der Waals surface area contributed by atoms with Crippen molar-refractivity contribution < 1.29 is 4.79 Å². The average Bonchev–Trinajstić information content (AvgIpc) is 3.47. The number of aryl methyl sites for hydroxylation is 2. The highest BCUT2D eigenvalue weighted by molar-refractivity contribution is 5.98. The van der Waals surface area contributed by atoms with Crippen LogP contribution in [0.15, 0.2) is 72.9 Å². The quantitative estimate of drug-likeness (QED) is 0.517. The van der Waals surface area contributed by atoms with Gasteiger partial charge in [-0.15, -0.1) is 0 Å². The molecule has 1 aliphatic rings. The van der Waals surface area contributed by atoms with Gasteiger partial charge in [0, 0.05) is 17.7 Å². The van der Waals surface area contributed by atoms with E-state index in [1.807, 2.05) is 47.9 Å². The van der Waals surface area contributed by atoms with Gasteiger partial charge < -0.3 is 5.32 Å². The Bertz CT molecular complexity index is 1190. The Hall–Kier alpha value is -3.40. The first-order valence-corrected chi connectivity index (χ1v) is 10.0.